The fourth-order valence-corrected chi connectivity index (χ4v) is 3.19. The van der Waals surface area contributed by atoms with E-state index in [2.05, 4.69) is 0 Å². The maximum absolute atomic E-state index is 6.06. The first-order valence-electron chi connectivity index (χ1n) is 6.99. The average molecular weight is 226 g/mol. The predicted octanol–water partition coefficient (Wildman–Crippen LogP) is 3.40. The quantitative estimate of drug-likeness (QED) is 0.715. The van der Waals surface area contributed by atoms with Crippen LogP contribution in [0.25, 0.3) is 0 Å². The van der Waals surface area contributed by atoms with Crippen molar-refractivity contribution >= 4 is 0 Å². The molecule has 2 nitrogen and oxygen atoms in total. The molecule has 0 aromatic rings. The van der Waals surface area contributed by atoms with E-state index in [-0.39, 0.29) is 0 Å². The van der Waals surface area contributed by atoms with E-state index in [1.54, 1.807) is 7.11 Å². The minimum absolute atomic E-state index is 0.530. The van der Waals surface area contributed by atoms with E-state index in [4.69, 9.17) is 9.47 Å². The van der Waals surface area contributed by atoms with Crippen LogP contribution in [0.3, 0.4) is 0 Å². The highest BCUT2D eigenvalue weighted by Gasteiger charge is 2.26. The molecule has 2 fully saturated rings. The van der Waals surface area contributed by atoms with Gasteiger partial charge < -0.3 is 9.47 Å². The normalized spacial score (nSPS) is 32.1. The minimum Gasteiger partial charge on any atom is -0.384 e. The summed E-state index contributed by atoms with van der Waals surface area (Å²) < 4.78 is 11.3. The zero-order chi connectivity index (χ0) is 11.2. The summed E-state index contributed by atoms with van der Waals surface area (Å²) in [7, 11) is 1.80. The predicted molar refractivity (Wildman–Crippen MR) is 65.5 cm³/mol. The maximum Gasteiger partial charge on any atom is 0.0578 e. The van der Waals surface area contributed by atoms with Crippen LogP contribution in [0.1, 0.15) is 51.4 Å². The number of hydrogen-bond acceptors (Lipinski definition) is 2. The third kappa shape index (κ3) is 3.74. The van der Waals surface area contributed by atoms with E-state index >= 15 is 0 Å². The van der Waals surface area contributed by atoms with Crippen molar-refractivity contribution in [2.75, 3.05) is 20.3 Å². The van der Waals surface area contributed by atoms with Crippen molar-refractivity contribution in [2.24, 2.45) is 11.8 Å². The van der Waals surface area contributed by atoms with Crippen molar-refractivity contribution < 1.29 is 9.47 Å². The van der Waals surface area contributed by atoms with Crippen LogP contribution >= 0.6 is 0 Å². The van der Waals surface area contributed by atoms with Gasteiger partial charge >= 0.3 is 0 Å². The molecule has 0 aromatic heterocycles. The Labute approximate surface area is 99.7 Å². The van der Waals surface area contributed by atoms with Crippen LogP contribution in [-0.4, -0.2) is 26.4 Å². The van der Waals surface area contributed by atoms with Gasteiger partial charge in [0.1, 0.15) is 0 Å². The molecule has 0 aromatic carbocycles. The van der Waals surface area contributed by atoms with Gasteiger partial charge in [-0.1, -0.05) is 19.3 Å². The van der Waals surface area contributed by atoms with Gasteiger partial charge in [-0.25, -0.2) is 0 Å². The second-order valence-corrected chi connectivity index (χ2v) is 5.59. The van der Waals surface area contributed by atoms with Gasteiger partial charge in [0.2, 0.25) is 0 Å². The molecule has 94 valence electrons. The number of ether oxygens (including phenoxy) is 2. The Hall–Kier alpha value is -0.0800. The topological polar surface area (TPSA) is 18.5 Å². The van der Waals surface area contributed by atoms with Crippen LogP contribution in [-0.2, 0) is 9.47 Å². The first kappa shape index (κ1) is 12.4. The molecule has 0 N–H and O–H groups in total. The second kappa shape index (κ2) is 6.61. The van der Waals surface area contributed by atoms with Crippen LogP contribution in [0.4, 0.5) is 0 Å². The summed E-state index contributed by atoms with van der Waals surface area (Å²) in [4.78, 5) is 0. The third-order valence-electron chi connectivity index (χ3n) is 4.19. The molecule has 2 heteroatoms. The van der Waals surface area contributed by atoms with Crippen molar-refractivity contribution in [3.8, 4) is 0 Å². The summed E-state index contributed by atoms with van der Waals surface area (Å²) >= 11 is 0. The van der Waals surface area contributed by atoms with E-state index in [0.717, 1.165) is 25.0 Å². The first-order valence-corrected chi connectivity index (χ1v) is 6.99. The SMILES string of the molecule is COC[C@H]1CCC(OCC2CCCCC2)C1. The Morgan fingerprint density at radius 2 is 1.69 bits per heavy atom. The number of rotatable bonds is 5. The van der Waals surface area contributed by atoms with E-state index in [0.29, 0.717) is 6.10 Å². The lowest BCUT2D eigenvalue weighted by Crippen LogP contribution is -2.18. The highest BCUT2D eigenvalue weighted by atomic mass is 16.5. The molecule has 2 rings (SSSR count). The molecule has 0 radical (unpaired) electrons. The summed E-state index contributed by atoms with van der Waals surface area (Å²) in [5, 5.41) is 0. The highest BCUT2D eigenvalue weighted by molar-refractivity contribution is 4.76. The van der Waals surface area contributed by atoms with Gasteiger partial charge in [0.25, 0.3) is 0 Å². The van der Waals surface area contributed by atoms with E-state index in [9.17, 15) is 0 Å². The van der Waals surface area contributed by atoms with Gasteiger partial charge in [0, 0.05) is 20.3 Å². The fraction of sp³-hybridized carbons (Fsp3) is 1.00. The zero-order valence-corrected chi connectivity index (χ0v) is 10.6. The Morgan fingerprint density at radius 1 is 0.875 bits per heavy atom. The van der Waals surface area contributed by atoms with Crippen molar-refractivity contribution in [1.82, 2.24) is 0 Å². The number of methoxy groups -OCH3 is 1. The molecular formula is C14H26O2. The van der Waals surface area contributed by atoms with Crippen LogP contribution < -0.4 is 0 Å². The van der Waals surface area contributed by atoms with Crippen molar-refractivity contribution in [1.29, 1.82) is 0 Å². The standard InChI is InChI=1S/C14H26O2/c1-15-10-13-7-8-14(9-13)16-11-12-5-3-2-4-6-12/h12-14H,2-11H2,1H3/t13-,14?/m0/s1. The molecule has 0 aliphatic heterocycles. The van der Waals surface area contributed by atoms with Crippen LogP contribution in [0.2, 0.25) is 0 Å². The Bertz CT molecular complexity index is 187. The molecule has 2 aliphatic carbocycles. The molecule has 0 saturated heterocycles. The van der Waals surface area contributed by atoms with Crippen LogP contribution in [0.15, 0.2) is 0 Å². The molecule has 2 saturated carbocycles. The van der Waals surface area contributed by atoms with Gasteiger partial charge in [-0.15, -0.1) is 0 Å². The Balaban J connectivity index is 1.59. The van der Waals surface area contributed by atoms with Crippen LogP contribution in [0, 0.1) is 11.8 Å². The molecule has 1 unspecified atom stereocenters. The van der Waals surface area contributed by atoms with Crippen LogP contribution in [0.5, 0.6) is 0 Å². The molecule has 0 amide bonds. The number of hydrogen-bond donors (Lipinski definition) is 0. The molecule has 2 aliphatic rings. The van der Waals surface area contributed by atoms with Gasteiger partial charge in [-0.3, -0.25) is 0 Å². The van der Waals surface area contributed by atoms with Crippen molar-refractivity contribution in [3.05, 3.63) is 0 Å². The average Bonchev–Trinajstić information content (AvgIpc) is 2.76. The summed E-state index contributed by atoms with van der Waals surface area (Å²) in [6, 6.07) is 0. The summed E-state index contributed by atoms with van der Waals surface area (Å²) in [6.45, 7) is 1.94. The molecule has 0 heterocycles. The molecular weight excluding hydrogens is 200 g/mol. The van der Waals surface area contributed by atoms with E-state index in [1.165, 1.54) is 51.4 Å². The van der Waals surface area contributed by atoms with Gasteiger partial charge in [0.05, 0.1) is 6.10 Å². The lowest BCUT2D eigenvalue weighted by molar-refractivity contribution is 0.0202. The summed E-state index contributed by atoms with van der Waals surface area (Å²) in [5.74, 6) is 1.61. The Morgan fingerprint density at radius 3 is 2.44 bits per heavy atom. The first-order chi connectivity index (χ1) is 7.88. The van der Waals surface area contributed by atoms with Gasteiger partial charge in [-0.2, -0.15) is 0 Å². The second-order valence-electron chi connectivity index (χ2n) is 5.59. The van der Waals surface area contributed by atoms with Crippen molar-refractivity contribution in [3.63, 3.8) is 0 Å². The minimum atomic E-state index is 0.530. The molecule has 2 atom stereocenters. The van der Waals surface area contributed by atoms with E-state index < -0.39 is 0 Å². The maximum atomic E-state index is 6.06. The van der Waals surface area contributed by atoms with Gasteiger partial charge in [-0.05, 0) is 43.9 Å². The lowest BCUT2D eigenvalue weighted by atomic mass is 9.90. The Kier molecular flexibility index (Phi) is 5.11. The van der Waals surface area contributed by atoms with Gasteiger partial charge in [0.15, 0.2) is 0 Å². The third-order valence-corrected chi connectivity index (χ3v) is 4.19. The molecule has 0 spiro atoms. The van der Waals surface area contributed by atoms with Crippen molar-refractivity contribution in [2.45, 2.75) is 57.5 Å². The fourth-order valence-electron chi connectivity index (χ4n) is 3.19. The zero-order valence-electron chi connectivity index (χ0n) is 10.6. The highest BCUT2D eigenvalue weighted by Crippen LogP contribution is 2.30. The lowest BCUT2D eigenvalue weighted by Gasteiger charge is -2.23. The summed E-state index contributed by atoms with van der Waals surface area (Å²) in [5.41, 5.74) is 0. The summed E-state index contributed by atoms with van der Waals surface area (Å²) in [6.07, 6.45) is 11.4. The largest absolute Gasteiger partial charge is 0.384 e. The smallest absolute Gasteiger partial charge is 0.0578 e. The molecule has 0 bridgehead atoms. The molecule has 16 heavy (non-hydrogen) atoms. The monoisotopic (exact) mass is 226 g/mol. The van der Waals surface area contributed by atoms with E-state index in [1.807, 2.05) is 0 Å².